The zero-order valence-electron chi connectivity index (χ0n) is 17.4. The maximum Gasteiger partial charge on any atom is 0.326 e. The number of rotatable bonds is 7. The van der Waals surface area contributed by atoms with E-state index in [4.69, 9.17) is 4.74 Å². The predicted molar refractivity (Wildman–Crippen MR) is 117 cm³/mol. The van der Waals surface area contributed by atoms with Gasteiger partial charge in [0.15, 0.2) is 0 Å². The van der Waals surface area contributed by atoms with Gasteiger partial charge in [0.2, 0.25) is 5.95 Å². The summed E-state index contributed by atoms with van der Waals surface area (Å²) in [6.07, 6.45) is 0.575. The van der Waals surface area contributed by atoms with Crippen molar-refractivity contribution in [3.8, 4) is 0 Å². The number of nitro groups is 1. The van der Waals surface area contributed by atoms with Crippen LogP contribution >= 0.6 is 11.3 Å². The van der Waals surface area contributed by atoms with Crippen LogP contribution in [0, 0.1) is 15.9 Å². The Labute approximate surface area is 187 Å². The summed E-state index contributed by atoms with van der Waals surface area (Å²) in [5.41, 5.74) is -0.507. The minimum atomic E-state index is -1.26. The van der Waals surface area contributed by atoms with Crippen LogP contribution in [0.25, 0.3) is 10.2 Å². The molecule has 168 valence electrons. The van der Waals surface area contributed by atoms with Crippen LogP contribution in [0.15, 0.2) is 41.9 Å². The zero-order chi connectivity index (χ0) is 22.7. The molecule has 9 nitrogen and oxygen atoms in total. The number of esters is 1. The first kappa shape index (κ1) is 22.0. The molecule has 1 aromatic carbocycles. The number of fused-ring (bicyclic) bond motifs is 1. The van der Waals surface area contributed by atoms with Crippen LogP contribution < -0.4 is 10.2 Å². The van der Waals surface area contributed by atoms with Crippen molar-refractivity contribution in [2.75, 3.05) is 18.1 Å². The van der Waals surface area contributed by atoms with Crippen LogP contribution in [0.1, 0.15) is 25.3 Å². The molecule has 3 heterocycles. The Kier molecular flexibility index (Phi) is 6.28. The van der Waals surface area contributed by atoms with Crippen LogP contribution in [0.5, 0.6) is 0 Å². The van der Waals surface area contributed by atoms with Crippen molar-refractivity contribution in [1.29, 1.82) is 0 Å². The highest BCUT2D eigenvalue weighted by Gasteiger charge is 2.51. The Bertz CT molecular complexity index is 1120. The van der Waals surface area contributed by atoms with Gasteiger partial charge in [0, 0.05) is 29.6 Å². The largest absolute Gasteiger partial charge is 0.465 e. The molecule has 1 aliphatic rings. The average Bonchev–Trinajstić information content (AvgIpc) is 3.26. The second-order valence-electron chi connectivity index (χ2n) is 7.55. The van der Waals surface area contributed by atoms with E-state index in [9.17, 15) is 19.3 Å². The van der Waals surface area contributed by atoms with E-state index < -0.39 is 22.6 Å². The molecule has 0 aliphatic carbocycles. The Hall–Kier alpha value is -3.18. The highest BCUT2D eigenvalue weighted by Crippen LogP contribution is 2.32. The molecule has 2 atom stereocenters. The second kappa shape index (κ2) is 9.13. The number of hydrogen-bond donors (Lipinski definition) is 1. The monoisotopic (exact) mass is 459 g/mol. The molecule has 32 heavy (non-hydrogen) atoms. The Morgan fingerprint density at radius 2 is 2.19 bits per heavy atom. The number of hydrogen-bond acceptors (Lipinski definition) is 9. The van der Waals surface area contributed by atoms with Crippen LogP contribution in [-0.2, 0) is 16.1 Å². The number of nitrogens with zero attached hydrogens (tertiary/aromatic N) is 4. The number of anilines is 1. The van der Waals surface area contributed by atoms with E-state index in [0.29, 0.717) is 0 Å². The maximum absolute atomic E-state index is 13.2. The molecule has 1 saturated heterocycles. The van der Waals surface area contributed by atoms with Crippen molar-refractivity contribution in [2.45, 2.75) is 38.0 Å². The van der Waals surface area contributed by atoms with Gasteiger partial charge in [0.25, 0.3) is 6.17 Å². The summed E-state index contributed by atoms with van der Waals surface area (Å²) < 4.78 is 18.5. The third-order valence-electron chi connectivity index (χ3n) is 5.58. The van der Waals surface area contributed by atoms with E-state index in [1.165, 1.54) is 28.4 Å². The molecule has 0 spiro atoms. The summed E-state index contributed by atoms with van der Waals surface area (Å²) in [4.78, 5) is 35.6. The first-order valence-electron chi connectivity index (χ1n) is 10.2. The third-order valence-corrected chi connectivity index (χ3v) is 6.40. The summed E-state index contributed by atoms with van der Waals surface area (Å²) >= 11 is 1.43. The van der Waals surface area contributed by atoms with Gasteiger partial charge in [-0.05, 0) is 42.5 Å². The summed E-state index contributed by atoms with van der Waals surface area (Å²) in [5.74, 6) is -0.640. The first-order chi connectivity index (χ1) is 15.4. The van der Waals surface area contributed by atoms with Gasteiger partial charge in [-0.25, -0.2) is 14.4 Å². The average molecular weight is 460 g/mol. The lowest BCUT2D eigenvalue weighted by Gasteiger charge is -2.41. The van der Waals surface area contributed by atoms with Gasteiger partial charge < -0.3 is 4.74 Å². The lowest BCUT2D eigenvalue weighted by molar-refractivity contribution is -0.526. The molecular weight excluding hydrogens is 437 g/mol. The number of aromatic nitrogens is 2. The fraction of sp³-hybridized carbons (Fsp3) is 0.381. The molecule has 0 bridgehead atoms. The van der Waals surface area contributed by atoms with Gasteiger partial charge in [0.1, 0.15) is 16.2 Å². The topological polar surface area (TPSA) is 110 Å². The number of benzene rings is 1. The van der Waals surface area contributed by atoms with E-state index in [1.807, 2.05) is 11.4 Å². The van der Waals surface area contributed by atoms with Crippen molar-refractivity contribution < 1.29 is 18.8 Å². The molecular formula is C21H22FN5O4S. The Morgan fingerprint density at radius 3 is 2.91 bits per heavy atom. The SMILES string of the molecule is CCOC(=O)C1(NCc2ccc(F)cc2)CCN(c2ncc3ccsc3n2)C([N+](=O)[O-])C1. The Morgan fingerprint density at radius 1 is 1.41 bits per heavy atom. The summed E-state index contributed by atoms with van der Waals surface area (Å²) in [7, 11) is 0. The van der Waals surface area contributed by atoms with Gasteiger partial charge in [-0.3, -0.25) is 25.1 Å². The maximum atomic E-state index is 13.2. The number of halogens is 1. The number of piperidine rings is 1. The predicted octanol–water partition coefficient (Wildman–Crippen LogP) is 3.13. The first-order valence-corrected chi connectivity index (χ1v) is 11.1. The number of nitrogens with one attached hydrogen (secondary N) is 1. The van der Waals surface area contributed by atoms with Gasteiger partial charge >= 0.3 is 5.97 Å². The molecule has 1 aliphatic heterocycles. The fourth-order valence-corrected chi connectivity index (χ4v) is 4.59. The lowest BCUT2D eigenvalue weighted by Crippen LogP contribution is -2.63. The minimum absolute atomic E-state index is 0.119. The van der Waals surface area contributed by atoms with E-state index in [0.717, 1.165) is 15.8 Å². The molecule has 2 unspecified atom stereocenters. The zero-order valence-corrected chi connectivity index (χ0v) is 18.2. The molecule has 0 radical (unpaired) electrons. The standard InChI is InChI=1S/C21H22FN5O4S/c1-2-31-19(28)21(24-12-14-3-5-16(22)6-4-14)8-9-26(17(11-21)27(29)30)20-23-13-15-7-10-32-18(15)25-20/h3-7,10,13,17,24H,2,8-9,11-12H2,1H3. The smallest absolute Gasteiger partial charge is 0.326 e. The van der Waals surface area contributed by atoms with Crippen molar-refractivity contribution in [2.24, 2.45) is 0 Å². The van der Waals surface area contributed by atoms with Crippen LogP contribution in [0.4, 0.5) is 10.3 Å². The third kappa shape index (κ3) is 4.39. The van der Waals surface area contributed by atoms with Crippen LogP contribution in [0.2, 0.25) is 0 Å². The minimum Gasteiger partial charge on any atom is -0.465 e. The highest BCUT2D eigenvalue weighted by molar-refractivity contribution is 7.16. The quantitative estimate of drug-likeness (QED) is 0.326. The van der Waals surface area contributed by atoms with Gasteiger partial charge in [-0.2, -0.15) is 0 Å². The number of ether oxygens (including phenoxy) is 1. The fourth-order valence-electron chi connectivity index (χ4n) is 3.85. The van der Waals surface area contributed by atoms with Gasteiger partial charge in [0.05, 0.1) is 13.0 Å². The Balaban J connectivity index is 1.60. The summed E-state index contributed by atoms with van der Waals surface area (Å²) in [5, 5.41) is 17.9. The number of carbonyl (C=O) groups excluding carboxylic acids is 1. The molecule has 0 saturated carbocycles. The lowest BCUT2D eigenvalue weighted by atomic mass is 9.85. The van der Waals surface area contributed by atoms with E-state index >= 15 is 0 Å². The normalized spacial score (nSPS) is 20.9. The molecule has 0 amide bonds. The molecule has 1 N–H and O–H groups in total. The van der Waals surface area contributed by atoms with Crippen LogP contribution in [-0.4, -0.2) is 45.7 Å². The molecule has 11 heteroatoms. The highest BCUT2D eigenvalue weighted by atomic mass is 32.1. The van der Waals surface area contributed by atoms with Crippen molar-refractivity contribution >= 4 is 33.5 Å². The van der Waals surface area contributed by atoms with Gasteiger partial charge in [-0.1, -0.05) is 12.1 Å². The van der Waals surface area contributed by atoms with Crippen molar-refractivity contribution in [3.05, 3.63) is 63.4 Å². The summed E-state index contributed by atoms with van der Waals surface area (Å²) in [6.45, 7) is 2.28. The van der Waals surface area contributed by atoms with E-state index in [2.05, 4.69) is 15.3 Å². The van der Waals surface area contributed by atoms with Gasteiger partial charge in [-0.15, -0.1) is 11.3 Å². The number of thiophene rings is 1. The van der Waals surface area contributed by atoms with Crippen molar-refractivity contribution in [1.82, 2.24) is 15.3 Å². The molecule has 2 aromatic heterocycles. The second-order valence-corrected chi connectivity index (χ2v) is 8.44. The molecule has 4 rings (SSSR count). The summed E-state index contributed by atoms with van der Waals surface area (Å²) in [6, 6.07) is 7.75. The number of carbonyl (C=O) groups is 1. The van der Waals surface area contributed by atoms with E-state index in [1.54, 1.807) is 25.3 Å². The van der Waals surface area contributed by atoms with Crippen LogP contribution in [0.3, 0.4) is 0 Å². The molecule has 1 fully saturated rings. The van der Waals surface area contributed by atoms with E-state index in [-0.39, 0.29) is 44.3 Å². The van der Waals surface area contributed by atoms with Crippen molar-refractivity contribution in [3.63, 3.8) is 0 Å². The molecule has 3 aromatic rings.